The Morgan fingerprint density at radius 1 is 1.54 bits per heavy atom. The van der Waals surface area contributed by atoms with Crippen LogP contribution in [-0.4, -0.2) is 24.4 Å². The summed E-state index contributed by atoms with van der Waals surface area (Å²) in [6, 6.07) is 0. The second-order valence-electron chi connectivity index (χ2n) is 3.49. The molecule has 0 aromatic carbocycles. The molecule has 0 heterocycles. The maximum absolute atomic E-state index is 11.5. The van der Waals surface area contributed by atoms with Crippen molar-refractivity contribution in [2.45, 2.75) is 31.4 Å². The summed E-state index contributed by atoms with van der Waals surface area (Å²) in [5, 5.41) is -0.205. The number of hydrogen-bond acceptors (Lipinski definition) is 3. The molecule has 0 radical (unpaired) electrons. The smallest absolute Gasteiger partial charge is 0.152 e. The van der Waals surface area contributed by atoms with Crippen molar-refractivity contribution in [1.82, 2.24) is 0 Å². The van der Waals surface area contributed by atoms with Crippen LogP contribution in [0.2, 0.25) is 0 Å². The van der Waals surface area contributed by atoms with Crippen LogP contribution in [-0.2, 0) is 9.84 Å². The SMILES string of the molecule is CCS(=O)(=O)[C@H]1CC[C@H](C(N)=S)C1. The summed E-state index contributed by atoms with van der Waals surface area (Å²) in [5.74, 6) is 0.364. The van der Waals surface area contributed by atoms with Crippen molar-refractivity contribution < 1.29 is 8.42 Å². The van der Waals surface area contributed by atoms with Gasteiger partial charge in [-0.2, -0.15) is 0 Å². The van der Waals surface area contributed by atoms with Crippen molar-refractivity contribution in [3.63, 3.8) is 0 Å². The van der Waals surface area contributed by atoms with E-state index < -0.39 is 9.84 Å². The maximum atomic E-state index is 11.5. The Morgan fingerprint density at radius 3 is 2.54 bits per heavy atom. The van der Waals surface area contributed by atoms with Crippen LogP contribution in [0.4, 0.5) is 0 Å². The van der Waals surface area contributed by atoms with Crippen LogP contribution in [0.15, 0.2) is 0 Å². The van der Waals surface area contributed by atoms with E-state index in [1.54, 1.807) is 6.92 Å². The molecule has 2 atom stereocenters. The van der Waals surface area contributed by atoms with Gasteiger partial charge in [-0.05, 0) is 19.3 Å². The molecule has 1 aliphatic rings. The van der Waals surface area contributed by atoms with Crippen LogP contribution in [0.25, 0.3) is 0 Å². The Labute approximate surface area is 84.6 Å². The van der Waals surface area contributed by atoms with Crippen molar-refractivity contribution in [1.29, 1.82) is 0 Å². The molecule has 1 fully saturated rings. The maximum Gasteiger partial charge on any atom is 0.152 e. The highest BCUT2D eigenvalue weighted by atomic mass is 32.2. The van der Waals surface area contributed by atoms with Crippen molar-refractivity contribution in [3.8, 4) is 0 Å². The molecule has 0 saturated heterocycles. The Bertz CT molecular complexity index is 297. The number of sulfone groups is 1. The standard InChI is InChI=1S/C8H15NO2S2/c1-2-13(10,11)7-4-3-6(5-7)8(9)12/h6-7H,2-5H2,1H3,(H2,9,12)/t6-,7-/m0/s1. The minimum atomic E-state index is -2.88. The van der Waals surface area contributed by atoms with Gasteiger partial charge < -0.3 is 5.73 Å². The van der Waals surface area contributed by atoms with Crippen molar-refractivity contribution >= 4 is 27.0 Å². The van der Waals surface area contributed by atoms with Gasteiger partial charge in [0, 0.05) is 11.7 Å². The first-order valence-electron chi connectivity index (χ1n) is 4.48. The van der Waals surface area contributed by atoms with E-state index in [1.165, 1.54) is 0 Å². The summed E-state index contributed by atoms with van der Waals surface area (Å²) in [4.78, 5) is 0.466. The molecule has 5 heteroatoms. The quantitative estimate of drug-likeness (QED) is 0.719. The van der Waals surface area contributed by atoms with E-state index in [2.05, 4.69) is 0 Å². The molecule has 0 aromatic rings. The average molecular weight is 221 g/mol. The first-order chi connectivity index (χ1) is 5.97. The van der Waals surface area contributed by atoms with Crippen LogP contribution in [0.1, 0.15) is 26.2 Å². The molecule has 0 bridgehead atoms. The zero-order valence-corrected chi connectivity index (χ0v) is 9.33. The predicted molar refractivity (Wildman–Crippen MR) is 57.4 cm³/mol. The highest BCUT2D eigenvalue weighted by Gasteiger charge is 2.33. The van der Waals surface area contributed by atoms with Gasteiger partial charge in [0.25, 0.3) is 0 Å². The van der Waals surface area contributed by atoms with Gasteiger partial charge in [-0.15, -0.1) is 0 Å². The zero-order valence-electron chi connectivity index (χ0n) is 7.69. The molecule has 2 N–H and O–H groups in total. The number of hydrogen-bond donors (Lipinski definition) is 1. The molecule has 0 amide bonds. The molecule has 0 unspecified atom stereocenters. The zero-order chi connectivity index (χ0) is 10.1. The Kier molecular flexibility index (Phi) is 3.29. The average Bonchev–Trinajstić information content (AvgIpc) is 2.52. The predicted octanol–water partition coefficient (Wildman–Crippen LogP) is 0.876. The van der Waals surface area contributed by atoms with E-state index in [4.69, 9.17) is 18.0 Å². The molecule has 1 rings (SSSR count). The lowest BCUT2D eigenvalue weighted by atomic mass is 10.1. The molecule has 1 saturated carbocycles. The summed E-state index contributed by atoms with van der Waals surface area (Å²) in [5.41, 5.74) is 5.48. The van der Waals surface area contributed by atoms with Crippen LogP contribution in [0.5, 0.6) is 0 Å². The van der Waals surface area contributed by atoms with Gasteiger partial charge in [-0.3, -0.25) is 0 Å². The molecule has 1 aliphatic carbocycles. The summed E-state index contributed by atoms with van der Waals surface area (Å²) in [6.07, 6.45) is 2.18. The highest BCUT2D eigenvalue weighted by molar-refractivity contribution is 7.92. The first kappa shape index (κ1) is 10.9. The van der Waals surface area contributed by atoms with E-state index in [0.29, 0.717) is 11.4 Å². The molecular formula is C8H15NO2S2. The van der Waals surface area contributed by atoms with E-state index in [-0.39, 0.29) is 16.9 Å². The largest absolute Gasteiger partial charge is 0.393 e. The molecular weight excluding hydrogens is 206 g/mol. The number of thiocarbonyl (C=S) groups is 1. The lowest BCUT2D eigenvalue weighted by Crippen LogP contribution is -2.23. The molecule has 3 nitrogen and oxygen atoms in total. The fourth-order valence-corrected chi connectivity index (χ4v) is 3.47. The second-order valence-corrected chi connectivity index (χ2v) is 6.53. The summed E-state index contributed by atoms with van der Waals surface area (Å²) in [6.45, 7) is 1.68. The third-order valence-corrected chi connectivity index (χ3v) is 5.28. The van der Waals surface area contributed by atoms with Gasteiger partial charge in [0.2, 0.25) is 0 Å². The van der Waals surface area contributed by atoms with Crippen molar-refractivity contribution in [2.24, 2.45) is 11.7 Å². The van der Waals surface area contributed by atoms with Crippen molar-refractivity contribution in [3.05, 3.63) is 0 Å². The van der Waals surface area contributed by atoms with E-state index in [1.807, 2.05) is 0 Å². The Balaban J connectivity index is 2.65. The van der Waals surface area contributed by atoms with E-state index in [0.717, 1.165) is 12.8 Å². The van der Waals surface area contributed by atoms with Gasteiger partial charge >= 0.3 is 0 Å². The lowest BCUT2D eigenvalue weighted by Gasteiger charge is -2.09. The molecule has 13 heavy (non-hydrogen) atoms. The summed E-state index contributed by atoms with van der Waals surface area (Å²) >= 11 is 4.85. The second kappa shape index (κ2) is 3.92. The van der Waals surface area contributed by atoms with Crippen LogP contribution in [0, 0.1) is 5.92 Å². The van der Waals surface area contributed by atoms with E-state index >= 15 is 0 Å². The third kappa shape index (κ3) is 2.40. The summed E-state index contributed by atoms with van der Waals surface area (Å²) in [7, 11) is -2.88. The fourth-order valence-electron chi connectivity index (χ4n) is 1.76. The minimum Gasteiger partial charge on any atom is -0.393 e. The third-order valence-electron chi connectivity index (χ3n) is 2.70. The lowest BCUT2D eigenvalue weighted by molar-refractivity contribution is 0.579. The normalized spacial score (nSPS) is 29.0. The van der Waals surface area contributed by atoms with Gasteiger partial charge in [-0.1, -0.05) is 19.1 Å². The monoisotopic (exact) mass is 221 g/mol. The van der Waals surface area contributed by atoms with Gasteiger partial charge in [0.1, 0.15) is 0 Å². The highest BCUT2D eigenvalue weighted by Crippen LogP contribution is 2.30. The molecule has 0 aliphatic heterocycles. The van der Waals surface area contributed by atoms with Crippen LogP contribution >= 0.6 is 12.2 Å². The summed E-state index contributed by atoms with van der Waals surface area (Å²) < 4.78 is 23.0. The molecule has 0 spiro atoms. The fraction of sp³-hybridized carbons (Fsp3) is 0.875. The molecule has 0 aromatic heterocycles. The Morgan fingerprint density at radius 2 is 2.15 bits per heavy atom. The topological polar surface area (TPSA) is 60.2 Å². The van der Waals surface area contributed by atoms with Gasteiger partial charge in [0.05, 0.1) is 10.2 Å². The molecule has 76 valence electrons. The first-order valence-corrected chi connectivity index (χ1v) is 6.60. The number of nitrogens with two attached hydrogens (primary N) is 1. The van der Waals surface area contributed by atoms with Gasteiger partial charge in [-0.25, -0.2) is 8.42 Å². The Hall–Kier alpha value is -0.160. The minimum absolute atomic E-state index is 0.140. The van der Waals surface area contributed by atoms with E-state index in [9.17, 15) is 8.42 Å². The number of rotatable bonds is 3. The van der Waals surface area contributed by atoms with Crippen LogP contribution in [0.3, 0.4) is 0 Å². The van der Waals surface area contributed by atoms with Gasteiger partial charge in [0.15, 0.2) is 9.84 Å². The van der Waals surface area contributed by atoms with Crippen LogP contribution < -0.4 is 5.73 Å². The van der Waals surface area contributed by atoms with Crippen molar-refractivity contribution in [2.75, 3.05) is 5.75 Å².